The third-order valence-corrected chi connectivity index (χ3v) is 4.73. The summed E-state index contributed by atoms with van der Waals surface area (Å²) in [5.74, 6) is 1.64. The third kappa shape index (κ3) is 13.8. The fraction of sp³-hybridized carbons (Fsp3) is 0.619. The Morgan fingerprint density at radius 3 is 2.34 bits per heavy atom. The summed E-state index contributed by atoms with van der Waals surface area (Å²) in [4.78, 5) is 2.41. The van der Waals surface area contributed by atoms with E-state index in [1.165, 1.54) is 5.57 Å². The first kappa shape index (κ1) is 29.5. The van der Waals surface area contributed by atoms with Crippen molar-refractivity contribution in [2.75, 3.05) is 78.3 Å². The largest absolute Gasteiger partial charge is 0.487 e. The van der Waals surface area contributed by atoms with Gasteiger partial charge >= 0.3 is 0 Å². The van der Waals surface area contributed by atoms with Gasteiger partial charge in [-0.25, -0.2) is 0 Å². The van der Waals surface area contributed by atoms with Crippen molar-refractivity contribution in [1.29, 1.82) is 0 Å². The Morgan fingerprint density at radius 2 is 1.74 bits per heavy atom. The monoisotopic (exact) mass is 538 g/mol. The summed E-state index contributed by atoms with van der Waals surface area (Å²) < 4.78 is 74.9. The standard InChI is InChI=1S/C19H26N2O4.2CH4O3S/c1-2-16-10-15(12-21-5-8-22-9-6-21)13-25-19(16)18(3-1)24-14-17-11-20-4-7-23-17;2*1-5(2,3)4/h1-3,10,17,20H,4-9,11-14H2;2*1H3,(H,2,3,4). The fourth-order valence-corrected chi connectivity index (χ4v) is 3.39. The first-order valence-electron chi connectivity index (χ1n) is 10.9. The quantitative estimate of drug-likeness (QED) is 0.437. The van der Waals surface area contributed by atoms with Gasteiger partial charge in [0.1, 0.15) is 19.3 Å². The van der Waals surface area contributed by atoms with Crippen molar-refractivity contribution in [3.63, 3.8) is 0 Å². The van der Waals surface area contributed by atoms with Gasteiger partial charge in [-0.1, -0.05) is 12.1 Å². The zero-order valence-electron chi connectivity index (χ0n) is 19.9. The molecule has 1 unspecified atom stereocenters. The van der Waals surface area contributed by atoms with Crippen LogP contribution in [-0.4, -0.2) is 115 Å². The third-order valence-electron chi connectivity index (χ3n) is 4.73. The van der Waals surface area contributed by atoms with E-state index in [0.29, 0.717) is 25.7 Å². The van der Waals surface area contributed by atoms with E-state index in [9.17, 15) is 16.8 Å². The van der Waals surface area contributed by atoms with E-state index < -0.39 is 20.2 Å². The van der Waals surface area contributed by atoms with E-state index in [0.717, 1.165) is 69.6 Å². The van der Waals surface area contributed by atoms with Gasteiger partial charge in [0.05, 0.1) is 32.3 Å². The predicted octanol–water partition coefficient (Wildman–Crippen LogP) is 0.170. The van der Waals surface area contributed by atoms with E-state index >= 15 is 0 Å². The first-order chi connectivity index (χ1) is 16.4. The van der Waals surface area contributed by atoms with E-state index in [2.05, 4.69) is 22.4 Å². The average Bonchev–Trinajstić information content (AvgIpc) is 2.77. The van der Waals surface area contributed by atoms with E-state index in [1.54, 1.807) is 0 Å². The van der Waals surface area contributed by atoms with Crippen LogP contribution in [0.1, 0.15) is 5.56 Å². The molecule has 2 fully saturated rings. The molecule has 0 radical (unpaired) electrons. The van der Waals surface area contributed by atoms with Crippen molar-refractivity contribution < 1.29 is 44.9 Å². The molecule has 0 aromatic heterocycles. The molecule has 1 aromatic carbocycles. The summed E-state index contributed by atoms with van der Waals surface area (Å²) >= 11 is 0. The molecule has 0 aliphatic carbocycles. The summed E-state index contributed by atoms with van der Waals surface area (Å²) in [5.41, 5.74) is 2.39. The number of ether oxygens (including phenoxy) is 4. The minimum Gasteiger partial charge on any atom is -0.487 e. The second-order valence-corrected chi connectivity index (χ2v) is 11.1. The zero-order valence-corrected chi connectivity index (χ0v) is 21.5. The highest BCUT2D eigenvalue weighted by Gasteiger charge is 2.20. The summed E-state index contributed by atoms with van der Waals surface area (Å²) in [5, 5.41) is 3.32. The molecule has 1 atom stereocenters. The Balaban J connectivity index is 0.000000368. The number of nitrogens with one attached hydrogen (secondary N) is 1. The molecule has 0 saturated carbocycles. The molecule has 3 heterocycles. The molecule has 12 nitrogen and oxygen atoms in total. The lowest BCUT2D eigenvalue weighted by molar-refractivity contribution is -0.000377. The van der Waals surface area contributed by atoms with Crippen molar-refractivity contribution in [2.24, 2.45) is 0 Å². The van der Waals surface area contributed by atoms with E-state index in [-0.39, 0.29) is 6.10 Å². The second kappa shape index (κ2) is 14.1. The lowest BCUT2D eigenvalue weighted by atomic mass is 10.1. The highest BCUT2D eigenvalue weighted by molar-refractivity contribution is 7.85. The van der Waals surface area contributed by atoms with Crippen LogP contribution < -0.4 is 14.8 Å². The Hall–Kier alpha value is -1.78. The van der Waals surface area contributed by atoms with Crippen molar-refractivity contribution >= 4 is 26.3 Å². The molecule has 200 valence electrons. The van der Waals surface area contributed by atoms with Gasteiger partial charge < -0.3 is 24.3 Å². The maximum Gasteiger partial charge on any atom is 0.261 e. The number of para-hydroxylation sites is 1. The van der Waals surface area contributed by atoms with Crippen LogP contribution in [-0.2, 0) is 29.7 Å². The van der Waals surface area contributed by atoms with Crippen LogP contribution in [0.2, 0.25) is 0 Å². The second-order valence-electron chi connectivity index (χ2n) is 8.13. The van der Waals surface area contributed by atoms with Crippen LogP contribution in [0.5, 0.6) is 11.5 Å². The maximum atomic E-state index is 9.19. The number of rotatable bonds is 5. The highest BCUT2D eigenvalue weighted by Crippen LogP contribution is 2.36. The van der Waals surface area contributed by atoms with Gasteiger partial charge in [0.2, 0.25) is 0 Å². The lowest BCUT2D eigenvalue weighted by Gasteiger charge is -2.29. The summed E-state index contributed by atoms with van der Waals surface area (Å²) in [7, 11) is -7.33. The van der Waals surface area contributed by atoms with Crippen LogP contribution >= 0.6 is 0 Å². The van der Waals surface area contributed by atoms with E-state index in [4.69, 9.17) is 28.1 Å². The van der Waals surface area contributed by atoms with Gasteiger partial charge in [0.15, 0.2) is 11.5 Å². The molecule has 0 bridgehead atoms. The maximum absolute atomic E-state index is 9.19. The molecule has 0 spiro atoms. The van der Waals surface area contributed by atoms with Gasteiger partial charge in [-0.2, -0.15) is 16.8 Å². The highest BCUT2D eigenvalue weighted by atomic mass is 32.2. The zero-order chi connectivity index (χ0) is 25.9. The summed E-state index contributed by atoms with van der Waals surface area (Å²) in [6.07, 6.45) is 3.76. The fourth-order valence-electron chi connectivity index (χ4n) is 3.39. The van der Waals surface area contributed by atoms with Crippen LogP contribution in [0.4, 0.5) is 0 Å². The van der Waals surface area contributed by atoms with Crippen molar-refractivity contribution in [3.8, 4) is 11.5 Å². The topological polar surface area (TPSA) is 161 Å². The SMILES string of the molecule is C1=C(CN2CCOCC2)COc2c1cccc2OCC1CNCCO1.CS(=O)(=O)O.CS(=O)(=O)O. The minimum atomic E-state index is -3.67. The summed E-state index contributed by atoms with van der Waals surface area (Å²) in [6, 6.07) is 6.07. The molecule has 35 heavy (non-hydrogen) atoms. The molecule has 0 amide bonds. The molecular formula is C21H34N2O10S2. The Kier molecular flexibility index (Phi) is 11.9. The average molecular weight is 539 g/mol. The molecule has 3 aliphatic rings. The molecule has 4 rings (SSSR count). The van der Waals surface area contributed by atoms with Crippen molar-refractivity contribution in [3.05, 3.63) is 29.3 Å². The normalized spacial score (nSPS) is 20.6. The Bertz CT molecular complexity index is 986. The van der Waals surface area contributed by atoms with Crippen LogP contribution in [0.15, 0.2) is 23.8 Å². The van der Waals surface area contributed by atoms with Crippen LogP contribution in [0.25, 0.3) is 6.08 Å². The molecular weight excluding hydrogens is 504 g/mol. The summed E-state index contributed by atoms with van der Waals surface area (Å²) in [6.45, 7) is 8.20. The lowest BCUT2D eigenvalue weighted by Crippen LogP contribution is -2.41. The van der Waals surface area contributed by atoms with Gasteiger partial charge in [-0.05, 0) is 17.7 Å². The Morgan fingerprint density at radius 1 is 1.09 bits per heavy atom. The van der Waals surface area contributed by atoms with Crippen molar-refractivity contribution in [2.45, 2.75) is 6.10 Å². The number of hydrogen-bond acceptors (Lipinski definition) is 10. The predicted molar refractivity (Wildman–Crippen MR) is 130 cm³/mol. The number of morpholine rings is 2. The minimum absolute atomic E-state index is 0.0978. The van der Waals surface area contributed by atoms with Gasteiger partial charge in [-0.3, -0.25) is 14.0 Å². The van der Waals surface area contributed by atoms with Crippen LogP contribution in [0, 0.1) is 0 Å². The van der Waals surface area contributed by atoms with Crippen LogP contribution in [0.3, 0.4) is 0 Å². The molecule has 2 saturated heterocycles. The number of nitrogens with zero attached hydrogens (tertiary/aromatic N) is 1. The van der Waals surface area contributed by atoms with Gasteiger partial charge in [0, 0.05) is 38.3 Å². The van der Waals surface area contributed by atoms with Gasteiger partial charge in [0.25, 0.3) is 20.2 Å². The first-order valence-corrected chi connectivity index (χ1v) is 14.6. The van der Waals surface area contributed by atoms with E-state index in [1.807, 2.05) is 12.1 Å². The number of fused-ring (bicyclic) bond motifs is 1. The molecule has 3 N–H and O–H groups in total. The number of hydrogen-bond donors (Lipinski definition) is 3. The van der Waals surface area contributed by atoms with Crippen molar-refractivity contribution in [1.82, 2.24) is 10.2 Å². The Labute approximate surface area is 206 Å². The van der Waals surface area contributed by atoms with Gasteiger partial charge in [-0.15, -0.1) is 0 Å². The smallest absolute Gasteiger partial charge is 0.261 e. The molecule has 14 heteroatoms. The molecule has 3 aliphatic heterocycles. The molecule has 1 aromatic rings. The number of benzene rings is 1.